The summed E-state index contributed by atoms with van der Waals surface area (Å²) in [6, 6.07) is 0. The van der Waals surface area contributed by atoms with Crippen LogP contribution in [-0.4, -0.2) is 31.5 Å². The number of hydrogen-bond donors (Lipinski definition) is 2. The van der Waals surface area contributed by atoms with Gasteiger partial charge in [-0.15, -0.1) is 11.3 Å². The number of hydrogen-bond acceptors (Lipinski definition) is 5. The van der Waals surface area contributed by atoms with E-state index in [1.165, 1.54) is 12.6 Å². The first-order chi connectivity index (χ1) is 5.99. The van der Waals surface area contributed by atoms with Gasteiger partial charge in [-0.1, -0.05) is 0 Å². The summed E-state index contributed by atoms with van der Waals surface area (Å²) in [4.78, 5) is 13.9. The van der Waals surface area contributed by atoms with Crippen molar-refractivity contribution in [1.29, 1.82) is 0 Å². The van der Waals surface area contributed by atoms with Crippen LogP contribution in [-0.2, 0) is 10.0 Å². The maximum atomic E-state index is 11.2. The standard InChI is InChI=1S/C5H6N2O4S2/c1-6-13(10,11)5-3(4(8)9)7-2-12-5/h2,6H,1H3,(H,8,9). The molecular formula is C5H6N2O4S2. The van der Waals surface area contributed by atoms with Crippen molar-refractivity contribution in [2.24, 2.45) is 0 Å². The lowest BCUT2D eigenvalue weighted by Crippen LogP contribution is -2.20. The predicted molar refractivity (Wildman–Crippen MR) is 45.3 cm³/mol. The van der Waals surface area contributed by atoms with Gasteiger partial charge in [-0.3, -0.25) is 0 Å². The Hall–Kier alpha value is -0.990. The van der Waals surface area contributed by atoms with Crippen LogP contribution in [0.5, 0.6) is 0 Å². The van der Waals surface area contributed by atoms with Crippen LogP contribution in [0, 0.1) is 0 Å². The van der Waals surface area contributed by atoms with Gasteiger partial charge in [0.2, 0.25) is 0 Å². The number of rotatable bonds is 3. The van der Waals surface area contributed by atoms with E-state index < -0.39 is 21.7 Å². The molecule has 1 aromatic rings. The number of aromatic carboxylic acids is 1. The van der Waals surface area contributed by atoms with Crippen molar-refractivity contribution in [2.45, 2.75) is 4.21 Å². The molecule has 13 heavy (non-hydrogen) atoms. The fourth-order valence-corrected chi connectivity index (χ4v) is 2.63. The lowest BCUT2D eigenvalue weighted by Gasteiger charge is -1.98. The Bertz CT molecular complexity index is 421. The molecule has 0 saturated carbocycles. The highest BCUT2D eigenvalue weighted by atomic mass is 32.2. The molecule has 72 valence electrons. The molecule has 0 aliphatic carbocycles. The molecule has 0 amide bonds. The molecule has 1 aromatic heterocycles. The molecule has 0 spiro atoms. The maximum Gasteiger partial charge on any atom is 0.356 e. The van der Waals surface area contributed by atoms with Crippen LogP contribution < -0.4 is 4.72 Å². The van der Waals surface area contributed by atoms with Crippen molar-refractivity contribution < 1.29 is 18.3 Å². The zero-order valence-corrected chi connectivity index (χ0v) is 8.15. The number of carboxylic acid groups (broad SMARTS) is 1. The summed E-state index contributed by atoms with van der Waals surface area (Å²) in [7, 11) is -2.50. The Morgan fingerprint density at radius 1 is 1.69 bits per heavy atom. The highest BCUT2D eigenvalue weighted by molar-refractivity contribution is 7.91. The minimum absolute atomic E-state index is 0.275. The molecule has 0 unspecified atom stereocenters. The molecule has 0 saturated heterocycles. The number of aromatic nitrogens is 1. The lowest BCUT2D eigenvalue weighted by molar-refractivity contribution is 0.0687. The summed E-state index contributed by atoms with van der Waals surface area (Å²) in [5.74, 6) is -1.35. The molecule has 8 heteroatoms. The molecule has 0 aliphatic rings. The Morgan fingerprint density at radius 2 is 2.31 bits per heavy atom. The third-order valence-corrected chi connectivity index (χ3v) is 4.03. The van der Waals surface area contributed by atoms with Gasteiger partial charge in [0.1, 0.15) is 0 Å². The summed E-state index contributed by atoms with van der Waals surface area (Å²) in [6.45, 7) is 0. The summed E-state index contributed by atoms with van der Waals surface area (Å²) in [5.41, 5.74) is 0.729. The van der Waals surface area contributed by atoms with E-state index in [0.717, 1.165) is 11.3 Å². The second-order valence-corrected chi connectivity index (χ2v) is 4.94. The van der Waals surface area contributed by atoms with Gasteiger partial charge in [0.15, 0.2) is 9.90 Å². The van der Waals surface area contributed by atoms with E-state index in [2.05, 4.69) is 4.98 Å². The summed E-state index contributed by atoms with van der Waals surface area (Å²) >= 11 is 0.767. The molecule has 0 fully saturated rings. The van der Waals surface area contributed by atoms with Gasteiger partial charge in [0.25, 0.3) is 10.0 Å². The second kappa shape index (κ2) is 3.40. The SMILES string of the molecule is CNS(=O)(=O)c1scnc1C(=O)O. The van der Waals surface area contributed by atoms with E-state index in [9.17, 15) is 13.2 Å². The third kappa shape index (κ3) is 1.85. The quantitative estimate of drug-likeness (QED) is 0.735. The number of carbonyl (C=O) groups is 1. The molecule has 0 bridgehead atoms. The molecule has 0 atom stereocenters. The molecule has 0 aromatic carbocycles. The summed E-state index contributed by atoms with van der Waals surface area (Å²) in [6.07, 6.45) is 0. The highest BCUT2D eigenvalue weighted by Gasteiger charge is 2.23. The van der Waals surface area contributed by atoms with E-state index in [1.54, 1.807) is 0 Å². The molecule has 2 N–H and O–H groups in total. The van der Waals surface area contributed by atoms with E-state index in [-0.39, 0.29) is 4.21 Å². The first-order valence-electron chi connectivity index (χ1n) is 3.09. The molecular weight excluding hydrogens is 216 g/mol. The van der Waals surface area contributed by atoms with Gasteiger partial charge in [0, 0.05) is 0 Å². The normalized spacial score (nSPS) is 11.5. The van der Waals surface area contributed by atoms with Crippen LogP contribution in [0.2, 0.25) is 0 Å². The van der Waals surface area contributed by atoms with Crippen LogP contribution in [0.3, 0.4) is 0 Å². The Labute approximate surface area is 78.3 Å². The van der Waals surface area contributed by atoms with Crippen molar-refractivity contribution in [3.8, 4) is 0 Å². The Morgan fingerprint density at radius 3 is 2.77 bits per heavy atom. The average Bonchev–Trinajstić information content (AvgIpc) is 2.52. The molecule has 6 nitrogen and oxygen atoms in total. The van der Waals surface area contributed by atoms with Crippen LogP contribution in [0.15, 0.2) is 9.72 Å². The van der Waals surface area contributed by atoms with E-state index >= 15 is 0 Å². The fraction of sp³-hybridized carbons (Fsp3) is 0.200. The van der Waals surface area contributed by atoms with Crippen molar-refractivity contribution in [3.63, 3.8) is 0 Å². The Balaban J connectivity index is 3.31. The van der Waals surface area contributed by atoms with Gasteiger partial charge < -0.3 is 5.11 Å². The lowest BCUT2D eigenvalue weighted by atomic mass is 10.5. The number of thiazole rings is 1. The maximum absolute atomic E-state index is 11.2. The summed E-state index contributed by atoms with van der Waals surface area (Å²) in [5, 5.41) is 8.57. The van der Waals surface area contributed by atoms with Crippen LogP contribution >= 0.6 is 11.3 Å². The summed E-state index contributed by atoms with van der Waals surface area (Å²) < 4.78 is 24.1. The number of nitrogens with zero attached hydrogens (tertiary/aromatic N) is 1. The highest BCUT2D eigenvalue weighted by Crippen LogP contribution is 2.18. The smallest absolute Gasteiger partial charge is 0.356 e. The minimum atomic E-state index is -3.71. The van der Waals surface area contributed by atoms with Gasteiger partial charge in [-0.05, 0) is 7.05 Å². The van der Waals surface area contributed by atoms with Gasteiger partial charge >= 0.3 is 5.97 Å². The third-order valence-electron chi connectivity index (χ3n) is 1.25. The molecule has 0 aliphatic heterocycles. The van der Waals surface area contributed by atoms with Gasteiger partial charge in [0.05, 0.1) is 5.51 Å². The number of sulfonamides is 1. The Kier molecular flexibility index (Phi) is 2.64. The predicted octanol–water partition coefficient (Wildman–Crippen LogP) is -0.251. The van der Waals surface area contributed by atoms with Crippen molar-refractivity contribution >= 4 is 27.3 Å². The topological polar surface area (TPSA) is 96.4 Å². The van der Waals surface area contributed by atoms with Crippen LogP contribution in [0.4, 0.5) is 0 Å². The second-order valence-electron chi connectivity index (χ2n) is 2.00. The van der Waals surface area contributed by atoms with Gasteiger partial charge in [-0.25, -0.2) is 22.9 Å². The van der Waals surface area contributed by atoms with E-state index in [4.69, 9.17) is 5.11 Å². The molecule has 0 radical (unpaired) electrons. The molecule has 1 rings (SSSR count). The first-order valence-corrected chi connectivity index (χ1v) is 5.45. The number of nitrogens with one attached hydrogen (secondary N) is 1. The van der Waals surface area contributed by atoms with Crippen molar-refractivity contribution in [2.75, 3.05) is 7.05 Å². The zero-order chi connectivity index (χ0) is 10.1. The minimum Gasteiger partial charge on any atom is -0.476 e. The van der Waals surface area contributed by atoms with Crippen LogP contribution in [0.25, 0.3) is 0 Å². The molecule has 1 heterocycles. The van der Waals surface area contributed by atoms with Gasteiger partial charge in [-0.2, -0.15) is 0 Å². The monoisotopic (exact) mass is 222 g/mol. The van der Waals surface area contributed by atoms with E-state index in [0.29, 0.717) is 0 Å². The van der Waals surface area contributed by atoms with Crippen molar-refractivity contribution in [3.05, 3.63) is 11.2 Å². The van der Waals surface area contributed by atoms with Crippen molar-refractivity contribution in [1.82, 2.24) is 9.71 Å². The van der Waals surface area contributed by atoms with Crippen LogP contribution in [0.1, 0.15) is 10.5 Å². The first kappa shape index (κ1) is 10.1. The van der Waals surface area contributed by atoms with E-state index in [1.807, 2.05) is 4.72 Å². The largest absolute Gasteiger partial charge is 0.476 e. The zero-order valence-electron chi connectivity index (χ0n) is 6.51. The fourth-order valence-electron chi connectivity index (χ4n) is 0.661. The average molecular weight is 222 g/mol. The number of carboxylic acids is 1.